The Morgan fingerprint density at radius 3 is 2.61 bits per heavy atom. The van der Waals surface area contributed by atoms with Crippen LogP contribution in [0.4, 0.5) is 13.2 Å². The number of hydrogen-bond acceptors (Lipinski definition) is 4. The molecule has 2 aromatic heterocycles. The third-order valence-corrected chi connectivity index (χ3v) is 5.32. The largest absolute Gasteiger partial charge is 0.433 e. The molecule has 1 aliphatic rings. The van der Waals surface area contributed by atoms with Gasteiger partial charge in [0.25, 0.3) is 5.78 Å². The van der Waals surface area contributed by atoms with Crippen molar-refractivity contribution in [1.82, 2.24) is 24.5 Å². The van der Waals surface area contributed by atoms with Crippen molar-refractivity contribution < 1.29 is 13.2 Å². The zero-order chi connectivity index (χ0) is 19.7. The Kier molecular flexibility index (Phi) is 5.05. The van der Waals surface area contributed by atoms with Gasteiger partial charge in [-0.3, -0.25) is 4.90 Å². The highest BCUT2D eigenvalue weighted by atomic mass is 19.4. The predicted molar refractivity (Wildman–Crippen MR) is 98.9 cm³/mol. The van der Waals surface area contributed by atoms with Gasteiger partial charge in [0.15, 0.2) is 5.69 Å². The molecule has 0 bridgehead atoms. The maximum absolute atomic E-state index is 13.4. The lowest BCUT2D eigenvalue weighted by Crippen LogP contribution is -2.34. The number of fused-ring (bicyclic) bond motifs is 1. The number of rotatable bonds is 4. The van der Waals surface area contributed by atoms with E-state index in [4.69, 9.17) is 0 Å². The van der Waals surface area contributed by atoms with Gasteiger partial charge < -0.3 is 0 Å². The van der Waals surface area contributed by atoms with E-state index in [1.165, 1.54) is 11.1 Å². The van der Waals surface area contributed by atoms with Gasteiger partial charge in [-0.15, -0.1) is 0 Å². The summed E-state index contributed by atoms with van der Waals surface area (Å²) in [7, 11) is 0. The maximum atomic E-state index is 13.4. The van der Waals surface area contributed by atoms with Gasteiger partial charge in [0.1, 0.15) is 6.33 Å². The van der Waals surface area contributed by atoms with Gasteiger partial charge in [0.05, 0.1) is 5.69 Å². The van der Waals surface area contributed by atoms with E-state index >= 15 is 0 Å². The molecule has 148 valence electrons. The van der Waals surface area contributed by atoms with Crippen LogP contribution in [0.25, 0.3) is 5.78 Å². The summed E-state index contributed by atoms with van der Waals surface area (Å²) in [6, 6.07) is 9.65. The lowest BCUT2D eigenvalue weighted by molar-refractivity contribution is -0.142. The van der Waals surface area contributed by atoms with Crippen molar-refractivity contribution in [2.24, 2.45) is 0 Å². The molecule has 8 heteroatoms. The Hall–Kier alpha value is -2.48. The molecule has 0 spiro atoms. The highest BCUT2D eigenvalue weighted by Crippen LogP contribution is 2.33. The summed E-state index contributed by atoms with van der Waals surface area (Å²) in [5.74, 6) is -0.0523. The quantitative estimate of drug-likeness (QED) is 0.674. The second-order valence-corrected chi connectivity index (χ2v) is 7.28. The third kappa shape index (κ3) is 3.87. The van der Waals surface area contributed by atoms with Crippen molar-refractivity contribution in [2.75, 3.05) is 13.1 Å². The minimum atomic E-state index is -4.50. The fraction of sp³-hybridized carbons (Fsp3) is 0.450. The van der Waals surface area contributed by atoms with Crippen molar-refractivity contribution in [1.29, 1.82) is 0 Å². The molecule has 1 saturated heterocycles. The summed E-state index contributed by atoms with van der Waals surface area (Å²) in [5.41, 5.74) is 2.14. The summed E-state index contributed by atoms with van der Waals surface area (Å²) < 4.78 is 41.1. The van der Waals surface area contributed by atoms with Gasteiger partial charge in [0.2, 0.25) is 0 Å². The molecular weight excluding hydrogens is 367 g/mol. The molecule has 0 N–H and O–H groups in total. The van der Waals surface area contributed by atoms with Crippen molar-refractivity contribution in [2.45, 2.75) is 44.8 Å². The third-order valence-electron chi connectivity index (χ3n) is 5.32. The Bertz CT molecular complexity index is 949. The number of likely N-dealkylation sites (tertiary alicyclic amines) is 1. The van der Waals surface area contributed by atoms with Crippen LogP contribution in [-0.4, -0.2) is 37.6 Å². The van der Waals surface area contributed by atoms with Gasteiger partial charge in [-0.1, -0.05) is 31.2 Å². The number of piperidine rings is 1. The number of nitrogens with zero attached hydrogens (tertiary/aromatic N) is 5. The van der Waals surface area contributed by atoms with Gasteiger partial charge in [-0.05, 0) is 43.0 Å². The second-order valence-electron chi connectivity index (χ2n) is 7.28. The molecule has 3 heterocycles. The van der Waals surface area contributed by atoms with E-state index in [9.17, 15) is 13.2 Å². The average molecular weight is 389 g/mol. The molecule has 1 atom stereocenters. The van der Waals surface area contributed by atoms with Crippen LogP contribution in [0.3, 0.4) is 0 Å². The normalized spacial score (nSPS) is 18.6. The number of hydrogen-bond donors (Lipinski definition) is 0. The highest BCUT2D eigenvalue weighted by molar-refractivity contribution is 5.33. The van der Waals surface area contributed by atoms with E-state index in [1.54, 1.807) is 0 Å². The van der Waals surface area contributed by atoms with Crippen LogP contribution in [0.5, 0.6) is 0 Å². The summed E-state index contributed by atoms with van der Waals surface area (Å²) in [6.07, 6.45) is -0.642. The summed E-state index contributed by atoms with van der Waals surface area (Å²) in [6.45, 7) is 4.54. The lowest BCUT2D eigenvalue weighted by Gasteiger charge is -2.32. The molecule has 5 nitrogen and oxygen atoms in total. The molecule has 3 aromatic rings. The summed E-state index contributed by atoms with van der Waals surface area (Å²) in [4.78, 5) is 10.5. The summed E-state index contributed by atoms with van der Waals surface area (Å²) in [5, 5.41) is 3.67. The SMILES string of the molecule is CCc1ccc(CN2CCCC(c3cc(C(F)(F)F)n4ncnc4n3)C2)cc1. The van der Waals surface area contributed by atoms with Crippen molar-refractivity contribution >= 4 is 5.78 Å². The van der Waals surface area contributed by atoms with Crippen LogP contribution >= 0.6 is 0 Å². The Balaban J connectivity index is 1.55. The van der Waals surface area contributed by atoms with E-state index in [-0.39, 0.29) is 11.7 Å². The standard InChI is InChI=1S/C20H22F3N5/c1-2-14-5-7-15(8-6-14)11-27-9-3-4-16(12-27)17-10-18(20(21,22)23)28-19(26-17)24-13-25-28/h5-8,10,13,16H,2-4,9,11-12H2,1H3. The van der Waals surface area contributed by atoms with Crippen LogP contribution in [0, 0.1) is 0 Å². The second kappa shape index (κ2) is 7.50. The first-order valence-electron chi connectivity index (χ1n) is 9.52. The van der Waals surface area contributed by atoms with E-state index in [0.29, 0.717) is 12.2 Å². The molecule has 0 amide bonds. The lowest BCUT2D eigenvalue weighted by atomic mass is 9.93. The number of halogens is 3. The number of alkyl halides is 3. The predicted octanol–water partition coefficient (Wildman–Crippen LogP) is 4.09. The minimum absolute atomic E-state index is 0.00268. The topological polar surface area (TPSA) is 46.3 Å². The van der Waals surface area contributed by atoms with Crippen LogP contribution in [0.2, 0.25) is 0 Å². The summed E-state index contributed by atoms with van der Waals surface area (Å²) >= 11 is 0. The molecular formula is C20H22F3N5. The van der Waals surface area contributed by atoms with E-state index in [0.717, 1.165) is 49.3 Å². The molecule has 1 unspecified atom stereocenters. The maximum Gasteiger partial charge on any atom is 0.433 e. The van der Waals surface area contributed by atoms with Crippen LogP contribution < -0.4 is 0 Å². The molecule has 0 saturated carbocycles. The molecule has 4 rings (SSSR count). The Morgan fingerprint density at radius 1 is 1.14 bits per heavy atom. The smallest absolute Gasteiger partial charge is 0.298 e. The van der Waals surface area contributed by atoms with Gasteiger partial charge in [-0.2, -0.15) is 27.8 Å². The molecule has 28 heavy (non-hydrogen) atoms. The fourth-order valence-electron chi connectivity index (χ4n) is 3.82. The molecule has 0 radical (unpaired) electrons. The molecule has 1 fully saturated rings. The van der Waals surface area contributed by atoms with Crippen LogP contribution in [0.15, 0.2) is 36.7 Å². The molecule has 1 aromatic carbocycles. The zero-order valence-electron chi connectivity index (χ0n) is 15.7. The first kappa shape index (κ1) is 18.9. The zero-order valence-corrected chi connectivity index (χ0v) is 15.7. The average Bonchev–Trinajstić information content (AvgIpc) is 3.16. The first-order chi connectivity index (χ1) is 13.4. The number of aromatic nitrogens is 4. The Labute approximate surface area is 161 Å². The number of aryl methyl sites for hydroxylation is 1. The molecule has 0 aliphatic carbocycles. The Morgan fingerprint density at radius 2 is 1.89 bits per heavy atom. The van der Waals surface area contributed by atoms with E-state index in [2.05, 4.69) is 51.2 Å². The van der Waals surface area contributed by atoms with Crippen LogP contribution in [-0.2, 0) is 19.1 Å². The van der Waals surface area contributed by atoms with Crippen molar-refractivity contribution in [3.05, 3.63) is 59.2 Å². The van der Waals surface area contributed by atoms with Gasteiger partial charge >= 0.3 is 6.18 Å². The van der Waals surface area contributed by atoms with E-state index in [1.807, 2.05) is 0 Å². The van der Waals surface area contributed by atoms with Gasteiger partial charge in [0, 0.05) is 19.0 Å². The number of benzene rings is 1. The van der Waals surface area contributed by atoms with Gasteiger partial charge in [-0.25, -0.2) is 4.98 Å². The highest BCUT2D eigenvalue weighted by Gasteiger charge is 2.36. The minimum Gasteiger partial charge on any atom is -0.298 e. The molecule has 1 aliphatic heterocycles. The first-order valence-corrected chi connectivity index (χ1v) is 9.52. The fourth-order valence-corrected chi connectivity index (χ4v) is 3.82. The van der Waals surface area contributed by atoms with Crippen molar-refractivity contribution in [3.8, 4) is 0 Å². The van der Waals surface area contributed by atoms with E-state index < -0.39 is 11.9 Å². The monoisotopic (exact) mass is 389 g/mol. The van der Waals surface area contributed by atoms with Crippen LogP contribution in [0.1, 0.15) is 48.2 Å². The van der Waals surface area contributed by atoms with Crippen molar-refractivity contribution in [3.63, 3.8) is 0 Å².